The fourth-order valence-corrected chi connectivity index (χ4v) is 3.61. The molecule has 17 heavy (non-hydrogen) atoms. The summed E-state index contributed by atoms with van der Waals surface area (Å²) >= 11 is 0. The predicted octanol–water partition coefficient (Wildman–Crippen LogP) is 1.36. The summed E-state index contributed by atoms with van der Waals surface area (Å²) in [5.41, 5.74) is 0. The summed E-state index contributed by atoms with van der Waals surface area (Å²) in [4.78, 5) is 2.67. The maximum absolute atomic E-state index is 11.1. The zero-order chi connectivity index (χ0) is 12.4. The molecule has 1 N–H and O–H groups in total. The molecule has 1 aliphatic carbocycles. The van der Waals surface area contributed by atoms with Gasteiger partial charge in [0.25, 0.3) is 0 Å². The van der Waals surface area contributed by atoms with Gasteiger partial charge in [-0.1, -0.05) is 0 Å². The largest absolute Gasteiger partial charge is 0.310 e. The van der Waals surface area contributed by atoms with Crippen molar-refractivity contribution < 1.29 is 4.21 Å². The molecule has 1 saturated carbocycles. The van der Waals surface area contributed by atoms with Crippen molar-refractivity contribution in [3.05, 3.63) is 0 Å². The van der Waals surface area contributed by atoms with Gasteiger partial charge in [0.1, 0.15) is 0 Å². The Labute approximate surface area is 108 Å². The van der Waals surface area contributed by atoms with Gasteiger partial charge in [-0.15, -0.1) is 0 Å². The van der Waals surface area contributed by atoms with Gasteiger partial charge in [0.15, 0.2) is 0 Å². The van der Waals surface area contributed by atoms with Gasteiger partial charge in [-0.25, -0.2) is 0 Å². The van der Waals surface area contributed by atoms with Crippen LogP contribution in [0.4, 0.5) is 0 Å². The first kappa shape index (κ1) is 13.5. The Bertz CT molecular complexity index is 281. The van der Waals surface area contributed by atoms with E-state index in [0.29, 0.717) is 12.1 Å². The van der Waals surface area contributed by atoms with Crippen LogP contribution in [-0.2, 0) is 10.8 Å². The van der Waals surface area contributed by atoms with Crippen LogP contribution in [0.5, 0.6) is 0 Å². The fraction of sp³-hybridized carbons (Fsp3) is 1.00. The molecule has 0 aromatic carbocycles. The molecule has 0 radical (unpaired) electrons. The molecule has 100 valence electrons. The molecule has 3 nitrogen and oxygen atoms in total. The summed E-state index contributed by atoms with van der Waals surface area (Å²) in [5.74, 6) is 0.822. The zero-order valence-electron chi connectivity index (χ0n) is 11.3. The van der Waals surface area contributed by atoms with Crippen LogP contribution < -0.4 is 5.32 Å². The molecule has 2 rings (SSSR count). The van der Waals surface area contributed by atoms with Gasteiger partial charge in [-0.3, -0.25) is 9.11 Å². The number of hydrogen-bond donors (Lipinski definition) is 1. The molecule has 4 unspecified atom stereocenters. The van der Waals surface area contributed by atoms with Crippen LogP contribution >= 0.6 is 0 Å². The minimum atomic E-state index is -0.651. The lowest BCUT2D eigenvalue weighted by Gasteiger charge is -2.21. The Morgan fingerprint density at radius 2 is 2.18 bits per heavy atom. The summed E-state index contributed by atoms with van der Waals surface area (Å²) < 4.78 is 11.1. The maximum atomic E-state index is 11.1. The minimum absolute atomic E-state index is 0.496. The summed E-state index contributed by atoms with van der Waals surface area (Å²) in [6.45, 7) is 5.79. The van der Waals surface area contributed by atoms with E-state index < -0.39 is 10.8 Å². The standard InChI is InChI=1S/C13H26N2OS/c1-10(6-7-17(3)16)14-12-8-11(2)15(9-12)13-4-5-13/h10-14H,4-9H2,1-3H3. The topological polar surface area (TPSA) is 32.3 Å². The van der Waals surface area contributed by atoms with Crippen molar-refractivity contribution in [3.8, 4) is 0 Å². The Kier molecular flexibility index (Phi) is 4.61. The molecular formula is C13H26N2OS. The third kappa shape index (κ3) is 4.04. The monoisotopic (exact) mass is 258 g/mol. The van der Waals surface area contributed by atoms with E-state index in [-0.39, 0.29) is 0 Å². The second-order valence-corrected chi connectivity index (χ2v) is 7.40. The lowest BCUT2D eigenvalue weighted by molar-refractivity contribution is 0.254. The van der Waals surface area contributed by atoms with Gasteiger partial charge in [-0.05, 0) is 39.5 Å². The fourth-order valence-electron chi connectivity index (χ4n) is 2.92. The number of nitrogens with zero attached hydrogens (tertiary/aromatic N) is 1. The van der Waals surface area contributed by atoms with Crippen molar-refractivity contribution in [2.45, 2.75) is 63.7 Å². The molecule has 0 bridgehead atoms. The normalized spacial score (nSPS) is 33.8. The number of hydrogen-bond acceptors (Lipinski definition) is 3. The smallest absolute Gasteiger partial charge is 0.0246 e. The highest BCUT2D eigenvalue weighted by Gasteiger charge is 2.38. The highest BCUT2D eigenvalue weighted by Crippen LogP contribution is 2.33. The molecule has 1 saturated heterocycles. The van der Waals surface area contributed by atoms with E-state index in [1.54, 1.807) is 6.26 Å². The van der Waals surface area contributed by atoms with Crippen molar-refractivity contribution >= 4 is 10.8 Å². The average Bonchev–Trinajstić information content (AvgIpc) is 3.01. The van der Waals surface area contributed by atoms with E-state index in [1.165, 1.54) is 25.8 Å². The van der Waals surface area contributed by atoms with Crippen LogP contribution in [-0.4, -0.2) is 51.8 Å². The van der Waals surface area contributed by atoms with Crippen molar-refractivity contribution in [1.82, 2.24) is 10.2 Å². The van der Waals surface area contributed by atoms with Gasteiger partial charge in [0, 0.05) is 53.5 Å². The van der Waals surface area contributed by atoms with Crippen LogP contribution in [0.3, 0.4) is 0 Å². The lowest BCUT2D eigenvalue weighted by Crippen LogP contribution is -2.39. The summed E-state index contributed by atoms with van der Waals surface area (Å²) in [5, 5.41) is 3.70. The van der Waals surface area contributed by atoms with Gasteiger partial charge < -0.3 is 5.32 Å². The molecule has 1 heterocycles. The van der Waals surface area contributed by atoms with E-state index in [9.17, 15) is 4.21 Å². The molecule has 0 amide bonds. The van der Waals surface area contributed by atoms with Crippen molar-refractivity contribution in [2.75, 3.05) is 18.6 Å². The number of nitrogens with one attached hydrogen (secondary N) is 1. The van der Waals surface area contributed by atoms with Crippen LogP contribution in [0, 0.1) is 0 Å². The van der Waals surface area contributed by atoms with E-state index in [4.69, 9.17) is 0 Å². The highest BCUT2D eigenvalue weighted by atomic mass is 32.2. The van der Waals surface area contributed by atoms with Gasteiger partial charge in [0.2, 0.25) is 0 Å². The molecule has 1 aliphatic heterocycles. The summed E-state index contributed by atoms with van der Waals surface area (Å²) in [6.07, 6.45) is 6.90. The lowest BCUT2D eigenvalue weighted by atomic mass is 10.1. The Balaban J connectivity index is 1.70. The number of rotatable bonds is 6. The molecule has 0 aromatic heterocycles. The first-order valence-corrected chi connectivity index (χ1v) is 8.60. The molecule has 2 aliphatic rings. The van der Waals surface area contributed by atoms with Crippen LogP contribution in [0.15, 0.2) is 0 Å². The SMILES string of the molecule is CC(CCS(C)=O)NC1CC(C)N(C2CC2)C1. The second-order valence-electron chi connectivity index (χ2n) is 5.84. The van der Waals surface area contributed by atoms with Gasteiger partial charge >= 0.3 is 0 Å². The van der Waals surface area contributed by atoms with E-state index >= 15 is 0 Å². The second kappa shape index (κ2) is 5.81. The quantitative estimate of drug-likeness (QED) is 0.781. The summed E-state index contributed by atoms with van der Waals surface area (Å²) in [7, 11) is -0.651. The third-order valence-electron chi connectivity index (χ3n) is 4.00. The summed E-state index contributed by atoms with van der Waals surface area (Å²) in [6, 6.07) is 2.77. The van der Waals surface area contributed by atoms with E-state index in [0.717, 1.165) is 24.3 Å². The van der Waals surface area contributed by atoms with E-state index in [2.05, 4.69) is 24.1 Å². The van der Waals surface area contributed by atoms with E-state index in [1.807, 2.05) is 0 Å². The number of likely N-dealkylation sites (tertiary alicyclic amines) is 1. The Morgan fingerprint density at radius 3 is 2.76 bits per heavy atom. The molecule has 0 aromatic rings. The van der Waals surface area contributed by atoms with Gasteiger partial charge in [0.05, 0.1) is 0 Å². The van der Waals surface area contributed by atoms with Crippen LogP contribution in [0.2, 0.25) is 0 Å². The Morgan fingerprint density at radius 1 is 1.47 bits per heavy atom. The van der Waals surface area contributed by atoms with Crippen LogP contribution in [0.25, 0.3) is 0 Å². The highest BCUT2D eigenvalue weighted by molar-refractivity contribution is 7.84. The molecule has 2 fully saturated rings. The minimum Gasteiger partial charge on any atom is -0.310 e. The van der Waals surface area contributed by atoms with Crippen molar-refractivity contribution in [1.29, 1.82) is 0 Å². The third-order valence-corrected chi connectivity index (χ3v) is 4.81. The average molecular weight is 258 g/mol. The van der Waals surface area contributed by atoms with Crippen molar-refractivity contribution in [2.24, 2.45) is 0 Å². The molecule has 0 spiro atoms. The van der Waals surface area contributed by atoms with Crippen molar-refractivity contribution in [3.63, 3.8) is 0 Å². The first-order chi connectivity index (χ1) is 8.06. The van der Waals surface area contributed by atoms with Gasteiger partial charge in [-0.2, -0.15) is 0 Å². The molecule has 4 atom stereocenters. The maximum Gasteiger partial charge on any atom is 0.0246 e. The predicted molar refractivity (Wildman–Crippen MR) is 73.7 cm³/mol. The Hall–Kier alpha value is 0.0700. The molecule has 4 heteroatoms. The zero-order valence-corrected chi connectivity index (χ0v) is 12.1. The molecular weight excluding hydrogens is 232 g/mol. The van der Waals surface area contributed by atoms with Crippen LogP contribution in [0.1, 0.15) is 39.5 Å². The first-order valence-electron chi connectivity index (χ1n) is 6.88.